The average molecular weight is 365 g/mol. The van der Waals surface area contributed by atoms with Crippen molar-refractivity contribution in [2.75, 3.05) is 32.6 Å². The van der Waals surface area contributed by atoms with Gasteiger partial charge in [-0.05, 0) is 49.7 Å². The van der Waals surface area contributed by atoms with E-state index < -0.39 is 0 Å². The van der Waals surface area contributed by atoms with Gasteiger partial charge in [-0.1, -0.05) is 23.7 Å². The molecule has 2 rings (SSSR count). The lowest BCUT2D eigenvalue weighted by Gasteiger charge is -2.17. The standard InChI is InChI=1S/C19H22ClFN2O2/c1-13-10-17(18(25-3)11-16(13)20)22-19(24)12-23(2)9-8-14-4-6-15(21)7-5-14/h4-7,10-11H,8-9,12H2,1-3H3,(H,22,24). The number of nitrogens with one attached hydrogen (secondary N) is 1. The van der Waals surface area contributed by atoms with Crippen LogP contribution in [0.3, 0.4) is 0 Å². The Bertz CT molecular complexity index is 735. The van der Waals surface area contributed by atoms with Crippen LogP contribution in [0.2, 0.25) is 5.02 Å². The van der Waals surface area contributed by atoms with Gasteiger partial charge in [0, 0.05) is 17.6 Å². The summed E-state index contributed by atoms with van der Waals surface area (Å²) in [6, 6.07) is 9.87. The molecule has 0 aromatic heterocycles. The van der Waals surface area contributed by atoms with Crippen LogP contribution in [-0.4, -0.2) is 38.1 Å². The lowest BCUT2D eigenvalue weighted by molar-refractivity contribution is -0.117. The van der Waals surface area contributed by atoms with E-state index in [-0.39, 0.29) is 18.3 Å². The number of hydrogen-bond acceptors (Lipinski definition) is 3. The lowest BCUT2D eigenvalue weighted by atomic mass is 10.1. The summed E-state index contributed by atoms with van der Waals surface area (Å²) in [5.74, 6) is 0.142. The van der Waals surface area contributed by atoms with Gasteiger partial charge < -0.3 is 10.1 Å². The fourth-order valence-electron chi connectivity index (χ4n) is 2.41. The van der Waals surface area contributed by atoms with Crippen molar-refractivity contribution in [2.45, 2.75) is 13.3 Å². The Hall–Kier alpha value is -2.11. The molecule has 0 heterocycles. The number of rotatable bonds is 7. The van der Waals surface area contributed by atoms with Gasteiger partial charge >= 0.3 is 0 Å². The molecule has 1 amide bonds. The van der Waals surface area contributed by atoms with E-state index in [9.17, 15) is 9.18 Å². The maximum absolute atomic E-state index is 12.9. The second-order valence-electron chi connectivity index (χ2n) is 5.96. The molecule has 0 saturated carbocycles. The van der Waals surface area contributed by atoms with E-state index in [1.165, 1.54) is 19.2 Å². The summed E-state index contributed by atoms with van der Waals surface area (Å²) in [7, 11) is 3.40. The summed E-state index contributed by atoms with van der Waals surface area (Å²) in [6.45, 7) is 2.80. The number of hydrogen-bond donors (Lipinski definition) is 1. The molecule has 1 N–H and O–H groups in total. The van der Waals surface area contributed by atoms with E-state index in [4.69, 9.17) is 16.3 Å². The van der Waals surface area contributed by atoms with Crippen LogP contribution < -0.4 is 10.1 Å². The number of benzene rings is 2. The van der Waals surface area contributed by atoms with Gasteiger partial charge in [-0.15, -0.1) is 0 Å². The molecule has 0 radical (unpaired) electrons. The minimum atomic E-state index is -0.247. The summed E-state index contributed by atoms with van der Waals surface area (Å²) >= 11 is 6.07. The van der Waals surface area contributed by atoms with E-state index >= 15 is 0 Å². The third-order valence-corrected chi connectivity index (χ3v) is 4.27. The second kappa shape index (κ2) is 8.83. The van der Waals surface area contributed by atoms with Crippen LogP contribution in [0.25, 0.3) is 0 Å². The fourth-order valence-corrected chi connectivity index (χ4v) is 2.57. The Balaban J connectivity index is 1.89. The van der Waals surface area contributed by atoms with E-state index in [0.717, 1.165) is 17.5 Å². The average Bonchev–Trinajstić information content (AvgIpc) is 2.57. The Labute approximate surface area is 152 Å². The van der Waals surface area contributed by atoms with E-state index in [2.05, 4.69) is 5.32 Å². The number of anilines is 1. The number of amides is 1. The van der Waals surface area contributed by atoms with Crippen molar-refractivity contribution >= 4 is 23.2 Å². The van der Waals surface area contributed by atoms with Crippen LogP contribution in [0.5, 0.6) is 5.75 Å². The highest BCUT2D eigenvalue weighted by molar-refractivity contribution is 6.31. The third kappa shape index (κ3) is 5.73. The molecule has 0 atom stereocenters. The molecular formula is C19H22ClFN2O2. The number of halogens is 2. The maximum atomic E-state index is 12.9. The molecule has 0 spiro atoms. The molecular weight excluding hydrogens is 343 g/mol. The predicted octanol–water partition coefficient (Wildman–Crippen LogP) is 3.91. The summed E-state index contributed by atoms with van der Waals surface area (Å²) in [5, 5.41) is 3.44. The number of ether oxygens (including phenoxy) is 1. The molecule has 4 nitrogen and oxygen atoms in total. The highest BCUT2D eigenvalue weighted by Gasteiger charge is 2.12. The first kappa shape index (κ1) is 19.2. The smallest absolute Gasteiger partial charge is 0.238 e. The molecule has 6 heteroatoms. The molecule has 0 aliphatic carbocycles. The SMILES string of the molecule is COc1cc(Cl)c(C)cc1NC(=O)CN(C)CCc1ccc(F)cc1. The molecule has 0 unspecified atom stereocenters. The molecule has 0 bridgehead atoms. The largest absolute Gasteiger partial charge is 0.495 e. The molecule has 2 aromatic carbocycles. The second-order valence-corrected chi connectivity index (χ2v) is 6.37. The highest BCUT2D eigenvalue weighted by atomic mass is 35.5. The van der Waals surface area contributed by atoms with Crippen molar-refractivity contribution in [1.82, 2.24) is 4.90 Å². The Morgan fingerprint density at radius 1 is 1.28 bits per heavy atom. The van der Waals surface area contributed by atoms with Crippen molar-refractivity contribution in [3.63, 3.8) is 0 Å². The van der Waals surface area contributed by atoms with Gasteiger partial charge in [0.1, 0.15) is 11.6 Å². The van der Waals surface area contributed by atoms with Crippen molar-refractivity contribution in [1.29, 1.82) is 0 Å². The first-order valence-corrected chi connectivity index (χ1v) is 8.34. The van der Waals surface area contributed by atoms with Crippen LogP contribution in [0.4, 0.5) is 10.1 Å². The zero-order valence-electron chi connectivity index (χ0n) is 14.6. The number of carbonyl (C=O) groups is 1. The summed E-state index contributed by atoms with van der Waals surface area (Å²) in [6.07, 6.45) is 0.743. The first-order chi connectivity index (χ1) is 11.9. The number of likely N-dealkylation sites (N-methyl/N-ethyl adjacent to an activating group) is 1. The van der Waals surface area contributed by atoms with Gasteiger partial charge in [-0.3, -0.25) is 9.69 Å². The Kier molecular flexibility index (Phi) is 6.79. The molecule has 25 heavy (non-hydrogen) atoms. The van der Waals surface area contributed by atoms with E-state index in [0.29, 0.717) is 23.0 Å². The molecule has 0 fully saturated rings. The van der Waals surface area contributed by atoms with Gasteiger partial charge in [0.15, 0.2) is 0 Å². The lowest BCUT2D eigenvalue weighted by Crippen LogP contribution is -2.31. The van der Waals surface area contributed by atoms with Gasteiger partial charge in [0.05, 0.1) is 19.3 Å². The number of aryl methyl sites for hydroxylation is 1. The van der Waals surface area contributed by atoms with Gasteiger partial charge in [-0.25, -0.2) is 4.39 Å². The minimum absolute atomic E-state index is 0.137. The predicted molar refractivity (Wildman–Crippen MR) is 99.0 cm³/mol. The molecule has 0 aliphatic rings. The van der Waals surface area contributed by atoms with Gasteiger partial charge in [0.2, 0.25) is 5.91 Å². The maximum Gasteiger partial charge on any atom is 0.238 e. The molecule has 2 aromatic rings. The Morgan fingerprint density at radius 2 is 1.96 bits per heavy atom. The summed E-state index contributed by atoms with van der Waals surface area (Å²) in [4.78, 5) is 14.2. The number of nitrogens with zero attached hydrogens (tertiary/aromatic N) is 1. The van der Waals surface area contributed by atoms with Crippen molar-refractivity contribution in [3.8, 4) is 5.75 Å². The quantitative estimate of drug-likeness (QED) is 0.809. The van der Waals surface area contributed by atoms with Gasteiger partial charge in [0.25, 0.3) is 0 Å². The van der Waals surface area contributed by atoms with Crippen molar-refractivity contribution in [2.24, 2.45) is 0 Å². The van der Waals surface area contributed by atoms with Crippen molar-refractivity contribution in [3.05, 3.63) is 58.4 Å². The highest BCUT2D eigenvalue weighted by Crippen LogP contribution is 2.30. The van der Waals surface area contributed by atoms with Crippen LogP contribution >= 0.6 is 11.6 Å². The Morgan fingerprint density at radius 3 is 2.60 bits per heavy atom. The van der Waals surface area contributed by atoms with Crippen LogP contribution in [0.1, 0.15) is 11.1 Å². The van der Waals surface area contributed by atoms with E-state index in [1.54, 1.807) is 24.3 Å². The fraction of sp³-hybridized carbons (Fsp3) is 0.316. The summed E-state index contributed by atoms with van der Waals surface area (Å²) < 4.78 is 18.2. The van der Waals surface area contributed by atoms with E-state index in [1.807, 2.05) is 18.9 Å². The topological polar surface area (TPSA) is 41.6 Å². The zero-order chi connectivity index (χ0) is 18.4. The van der Waals surface area contributed by atoms with Crippen LogP contribution in [-0.2, 0) is 11.2 Å². The molecule has 0 aliphatic heterocycles. The summed E-state index contributed by atoms with van der Waals surface area (Å²) in [5.41, 5.74) is 2.49. The number of carbonyl (C=O) groups excluding carboxylic acids is 1. The molecule has 0 saturated heterocycles. The van der Waals surface area contributed by atoms with Crippen LogP contribution in [0, 0.1) is 12.7 Å². The minimum Gasteiger partial charge on any atom is -0.495 e. The zero-order valence-corrected chi connectivity index (χ0v) is 15.4. The third-order valence-electron chi connectivity index (χ3n) is 3.86. The molecule has 134 valence electrons. The monoisotopic (exact) mass is 364 g/mol. The normalized spacial score (nSPS) is 10.8. The first-order valence-electron chi connectivity index (χ1n) is 7.96. The number of methoxy groups -OCH3 is 1. The van der Waals surface area contributed by atoms with Gasteiger partial charge in [-0.2, -0.15) is 0 Å². The van der Waals surface area contributed by atoms with Crippen LogP contribution in [0.15, 0.2) is 36.4 Å². The van der Waals surface area contributed by atoms with Crippen molar-refractivity contribution < 1.29 is 13.9 Å².